The number of para-hydroxylation sites is 2. The molecule has 0 aliphatic carbocycles. The third-order valence-electron chi connectivity index (χ3n) is 4.67. The summed E-state index contributed by atoms with van der Waals surface area (Å²) in [6.45, 7) is 0.193. The zero-order valence-corrected chi connectivity index (χ0v) is 12.9. The first-order valence-electron chi connectivity index (χ1n) is 8.07. The molecule has 3 aromatic rings. The number of rotatable bonds is 4. The summed E-state index contributed by atoms with van der Waals surface area (Å²) in [5.41, 5.74) is 4.42. The van der Waals surface area contributed by atoms with Crippen LogP contribution in [0.25, 0.3) is 5.69 Å². The molecule has 23 heavy (non-hydrogen) atoms. The molecule has 1 unspecified atom stereocenters. The minimum Gasteiger partial charge on any atom is -0.396 e. The van der Waals surface area contributed by atoms with E-state index in [2.05, 4.69) is 76.7 Å². The molecule has 0 bridgehead atoms. The molecule has 3 nitrogen and oxygen atoms in total. The van der Waals surface area contributed by atoms with Gasteiger partial charge in [0.05, 0.1) is 17.1 Å². The Bertz CT molecular complexity index is 809. The minimum absolute atomic E-state index is 0.193. The molecule has 3 heteroatoms. The Morgan fingerprint density at radius 2 is 1.70 bits per heavy atom. The fourth-order valence-electron chi connectivity index (χ4n) is 3.64. The molecular formula is C20H20N2O. The average Bonchev–Trinajstić information content (AvgIpc) is 3.11. The van der Waals surface area contributed by atoms with Crippen LogP contribution in [0.15, 0.2) is 72.9 Å². The first kappa shape index (κ1) is 14.1. The lowest BCUT2D eigenvalue weighted by Crippen LogP contribution is -2.41. The zero-order valence-electron chi connectivity index (χ0n) is 12.9. The van der Waals surface area contributed by atoms with Gasteiger partial charge in [-0.3, -0.25) is 0 Å². The van der Waals surface area contributed by atoms with Gasteiger partial charge in [-0.05, 0) is 42.7 Å². The van der Waals surface area contributed by atoms with Crippen molar-refractivity contribution in [3.63, 3.8) is 0 Å². The normalized spacial score (nSPS) is 18.8. The van der Waals surface area contributed by atoms with Crippen LogP contribution < -0.4 is 5.32 Å². The highest BCUT2D eigenvalue weighted by molar-refractivity contribution is 5.69. The second-order valence-corrected chi connectivity index (χ2v) is 6.00. The molecule has 0 saturated heterocycles. The summed E-state index contributed by atoms with van der Waals surface area (Å²) in [6.07, 6.45) is 3.70. The van der Waals surface area contributed by atoms with Crippen LogP contribution in [-0.2, 0) is 5.54 Å². The highest BCUT2D eigenvalue weighted by Gasteiger charge is 2.39. The maximum absolute atomic E-state index is 9.42. The van der Waals surface area contributed by atoms with Gasteiger partial charge in [0.2, 0.25) is 0 Å². The largest absolute Gasteiger partial charge is 0.396 e. The van der Waals surface area contributed by atoms with E-state index < -0.39 is 0 Å². The maximum Gasteiger partial charge on any atom is 0.104 e. The monoisotopic (exact) mass is 304 g/mol. The molecule has 0 radical (unpaired) electrons. The number of aliphatic hydroxyl groups is 1. The summed E-state index contributed by atoms with van der Waals surface area (Å²) in [7, 11) is 0. The molecule has 1 atom stereocenters. The number of benzene rings is 2. The van der Waals surface area contributed by atoms with Crippen LogP contribution >= 0.6 is 0 Å². The molecule has 4 rings (SSSR count). The van der Waals surface area contributed by atoms with Crippen LogP contribution in [0, 0.1) is 0 Å². The van der Waals surface area contributed by atoms with Crippen molar-refractivity contribution in [1.82, 2.24) is 4.57 Å². The number of nitrogens with one attached hydrogen (secondary N) is 1. The lowest BCUT2D eigenvalue weighted by Gasteiger charge is -2.41. The van der Waals surface area contributed by atoms with Gasteiger partial charge < -0.3 is 15.0 Å². The number of aromatic nitrogens is 1. The quantitative estimate of drug-likeness (QED) is 0.766. The highest BCUT2D eigenvalue weighted by atomic mass is 16.2. The molecule has 1 aliphatic heterocycles. The minimum atomic E-state index is -0.318. The van der Waals surface area contributed by atoms with E-state index in [1.807, 2.05) is 6.07 Å². The smallest absolute Gasteiger partial charge is 0.104 e. The third kappa shape index (κ3) is 2.16. The molecule has 2 heterocycles. The van der Waals surface area contributed by atoms with Crippen molar-refractivity contribution in [3.8, 4) is 5.69 Å². The predicted molar refractivity (Wildman–Crippen MR) is 92.9 cm³/mol. The number of nitrogens with zero attached hydrogens (tertiary/aromatic N) is 1. The summed E-state index contributed by atoms with van der Waals surface area (Å²) in [6, 6.07) is 23.2. The summed E-state index contributed by atoms with van der Waals surface area (Å²) in [4.78, 5) is 0. The zero-order chi connectivity index (χ0) is 15.7. The lowest BCUT2D eigenvalue weighted by molar-refractivity contribution is 0.272. The summed E-state index contributed by atoms with van der Waals surface area (Å²) in [5.74, 6) is 0. The Morgan fingerprint density at radius 3 is 2.52 bits per heavy atom. The molecule has 116 valence electrons. The summed E-state index contributed by atoms with van der Waals surface area (Å²) in [5, 5.41) is 13.2. The van der Waals surface area contributed by atoms with Gasteiger partial charge in [0.15, 0.2) is 0 Å². The van der Waals surface area contributed by atoms with Crippen molar-refractivity contribution in [2.45, 2.75) is 18.4 Å². The lowest BCUT2D eigenvalue weighted by atomic mass is 9.80. The summed E-state index contributed by atoms with van der Waals surface area (Å²) < 4.78 is 2.26. The Morgan fingerprint density at radius 1 is 0.913 bits per heavy atom. The van der Waals surface area contributed by atoms with Crippen molar-refractivity contribution < 1.29 is 5.11 Å². The van der Waals surface area contributed by atoms with E-state index >= 15 is 0 Å². The van der Waals surface area contributed by atoms with Crippen molar-refractivity contribution in [2.24, 2.45) is 0 Å². The molecule has 2 aromatic carbocycles. The van der Waals surface area contributed by atoms with E-state index in [0.29, 0.717) is 0 Å². The molecule has 0 spiro atoms. The van der Waals surface area contributed by atoms with Gasteiger partial charge in [0.25, 0.3) is 0 Å². The third-order valence-corrected chi connectivity index (χ3v) is 4.67. The fourth-order valence-corrected chi connectivity index (χ4v) is 3.64. The molecular weight excluding hydrogens is 284 g/mol. The van der Waals surface area contributed by atoms with Crippen LogP contribution in [0.3, 0.4) is 0 Å². The van der Waals surface area contributed by atoms with Gasteiger partial charge >= 0.3 is 0 Å². The van der Waals surface area contributed by atoms with E-state index in [-0.39, 0.29) is 12.1 Å². The number of hydrogen-bond donors (Lipinski definition) is 2. The molecule has 1 aromatic heterocycles. The Hall–Kier alpha value is -2.52. The number of aliphatic hydroxyl groups excluding tert-OH is 1. The van der Waals surface area contributed by atoms with Crippen molar-refractivity contribution in [2.75, 3.05) is 11.9 Å². The SMILES string of the molecule is OCCCC1(c2ccccc2)Nc2ccccc2-n2cccc21. The molecule has 2 N–H and O–H groups in total. The van der Waals surface area contributed by atoms with Crippen LogP contribution in [0.1, 0.15) is 24.1 Å². The number of anilines is 1. The highest BCUT2D eigenvalue weighted by Crippen LogP contribution is 2.44. The Kier molecular flexibility index (Phi) is 3.43. The van der Waals surface area contributed by atoms with E-state index in [1.54, 1.807) is 0 Å². The van der Waals surface area contributed by atoms with E-state index in [9.17, 15) is 5.11 Å². The topological polar surface area (TPSA) is 37.2 Å². The van der Waals surface area contributed by atoms with Crippen LogP contribution in [0.4, 0.5) is 5.69 Å². The molecule has 0 fully saturated rings. The summed E-state index contributed by atoms with van der Waals surface area (Å²) >= 11 is 0. The first-order valence-corrected chi connectivity index (χ1v) is 8.07. The van der Waals surface area contributed by atoms with Gasteiger partial charge in [0, 0.05) is 12.8 Å². The van der Waals surface area contributed by atoms with Crippen LogP contribution in [0.2, 0.25) is 0 Å². The van der Waals surface area contributed by atoms with Crippen molar-refractivity contribution in [1.29, 1.82) is 0 Å². The number of fused-ring (bicyclic) bond motifs is 3. The van der Waals surface area contributed by atoms with Gasteiger partial charge in [-0.1, -0.05) is 42.5 Å². The predicted octanol–water partition coefficient (Wildman–Crippen LogP) is 3.92. The van der Waals surface area contributed by atoms with Crippen LogP contribution in [-0.4, -0.2) is 16.3 Å². The molecule has 1 aliphatic rings. The Balaban J connectivity index is 1.94. The van der Waals surface area contributed by atoms with Gasteiger partial charge in [-0.25, -0.2) is 0 Å². The van der Waals surface area contributed by atoms with E-state index in [1.165, 1.54) is 16.9 Å². The van der Waals surface area contributed by atoms with E-state index in [0.717, 1.165) is 18.5 Å². The maximum atomic E-state index is 9.42. The number of hydrogen-bond acceptors (Lipinski definition) is 2. The van der Waals surface area contributed by atoms with Gasteiger partial charge in [0.1, 0.15) is 5.54 Å². The van der Waals surface area contributed by atoms with Crippen molar-refractivity contribution >= 4 is 5.69 Å². The van der Waals surface area contributed by atoms with Crippen molar-refractivity contribution in [3.05, 3.63) is 84.2 Å². The second kappa shape index (κ2) is 5.60. The Labute approximate surface area is 136 Å². The van der Waals surface area contributed by atoms with Gasteiger partial charge in [-0.2, -0.15) is 0 Å². The van der Waals surface area contributed by atoms with Gasteiger partial charge in [-0.15, -0.1) is 0 Å². The average molecular weight is 304 g/mol. The second-order valence-electron chi connectivity index (χ2n) is 6.00. The van der Waals surface area contributed by atoms with Crippen LogP contribution in [0.5, 0.6) is 0 Å². The first-order chi connectivity index (χ1) is 11.3. The fraction of sp³-hybridized carbons (Fsp3) is 0.200. The molecule has 0 amide bonds. The standard InChI is InChI=1S/C20H20N2O/c23-15-7-13-20(16-8-2-1-3-9-16)19-12-6-14-22(19)18-11-5-4-10-17(18)21-20/h1-6,8-12,14,21,23H,7,13,15H2. The molecule has 0 saturated carbocycles. The van der Waals surface area contributed by atoms with E-state index in [4.69, 9.17) is 0 Å².